The number of carbonyl (C=O) groups is 13. The SMILES string of the molecule is N=C(N)NCCC[C@@H]1NC(=O)CNC(=O)[C@H](CO)NC(=O)c2cc3cc(c2)C(=O)NC[C@@H](C(=O)N[C@@H](CCCCN)C(N)=O)NC(=O)[C@@H](Cc2cccc4ccccc24)NC(=O)[C@H](Cc2ccc(O)cc2)NC(=O)[C@@H](CCCCN)NC(=O)[C@@H](Cc2cccc4ccccc24)NC(=O)[C@H](CCCNC3=O)NC1=O. The standard InChI is InChI=1S/C75H94N18O15/c76-29-7-5-21-53(63(78)97)86-74(108)60-39-83-65(99)48-34-47-35-49(36-48)66(100)93-61(41-94)67(101)84-40-62(96)85-54(23-12-32-82-75(79)80)68(102)87-56(24-11-31-81-64(47)98)70(104)90-58(37-45-17-9-15-43-13-1-3-19-51(43)45)72(106)88-55(22-6-8-30-77)69(103)89-57(33-42-25-27-50(95)28-26-42)71(105)91-59(73(107)92-60)38-46-18-10-16-44-14-2-4-20-52(44)46/h1-4,9-10,13-20,25-28,34-36,53-61,94-95H,5-8,11-12,21-24,29-33,37-41,76-77H2,(H2,78,97)(H,81,98)(H,83,99)(H,84,101)(H,85,96)(H,86,108)(H,87,102)(H,88,106)(H,89,103)(H,90,104)(H,91,105)(H,92,107)(H,93,100)(H4,79,80,82)/t53-,54-,55+,56-,57-,58+,59+,60-,61-/m0/s1. The van der Waals surface area contributed by atoms with Crippen LogP contribution in [0.5, 0.6) is 5.75 Å². The fourth-order valence-corrected chi connectivity index (χ4v) is 12.5. The van der Waals surface area contributed by atoms with E-state index < -0.39 is 168 Å². The number of phenolic OH excluding ortho intramolecular Hbond substituents is 1. The molecule has 33 nitrogen and oxygen atoms in total. The maximum Gasteiger partial charge on any atom is 0.252 e. The Bertz CT molecular complexity index is 4260. The number of hydrogen-bond acceptors (Lipinski definition) is 18. The fraction of sp³-hybridized carbons (Fsp3) is 0.387. The molecule has 0 spiro atoms. The predicted octanol–water partition coefficient (Wildman–Crippen LogP) is -2.21. The van der Waals surface area contributed by atoms with E-state index in [4.69, 9.17) is 28.3 Å². The summed E-state index contributed by atoms with van der Waals surface area (Å²) in [4.78, 5) is 191. The molecule has 2 aliphatic heterocycles. The van der Waals surface area contributed by atoms with Crippen LogP contribution in [0.1, 0.15) is 112 Å². The molecule has 0 saturated heterocycles. The minimum Gasteiger partial charge on any atom is -0.508 e. The number of carbonyl (C=O) groups excluding carboxylic acids is 13. The summed E-state index contributed by atoms with van der Waals surface area (Å²) < 4.78 is 0. The molecule has 13 amide bonds. The van der Waals surface area contributed by atoms with Crippen LogP contribution in [0.25, 0.3) is 21.5 Å². The molecule has 108 heavy (non-hydrogen) atoms. The average molecular weight is 1490 g/mol. The van der Waals surface area contributed by atoms with Crippen LogP contribution < -0.4 is 92.1 Å². The molecule has 6 aromatic rings. The first-order chi connectivity index (χ1) is 51.9. The number of aromatic hydroxyl groups is 1. The van der Waals surface area contributed by atoms with Crippen molar-refractivity contribution in [1.82, 2.24) is 69.1 Å². The van der Waals surface area contributed by atoms with Crippen molar-refractivity contribution in [2.75, 3.05) is 45.9 Å². The molecule has 8 rings (SSSR count). The lowest BCUT2D eigenvalue weighted by atomic mass is 9.97. The highest BCUT2D eigenvalue weighted by molar-refractivity contribution is 6.06. The summed E-state index contributed by atoms with van der Waals surface area (Å²) in [6, 6.07) is 19.3. The molecule has 2 aliphatic rings. The lowest BCUT2D eigenvalue weighted by molar-refractivity contribution is -0.136. The lowest BCUT2D eigenvalue weighted by Crippen LogP contribution is -2.62. The van der Waals surface area contributed by atoms with Gasteiger partial charge in [0.1, 0.15) is 60.1 Å². The number of unbranched alkanes of at least 4 members (excludes halogenated alkanes) is 2. The number of benzene rings is 6. The van der Waals surface area contributed by atoms with Crippen LogP contribution in [0.4, 0.5) is 0 Å². The molecule has 33 heteroatoms. The smallest absolute Gasteiger partial charge is 0.252 e. The molecule has 0 aromatic heterocycles. The Morgan fingerprint density at radius 2 is 1.02 bits per heavy atom. The van der Waals surface area contributed by atoms with Crippen LogP contribution in [0.3, 0.4) is 0 Å². The predicted molar refractivity (Wildman–Crippen MR) is 398 cm³/mol. The van der Waals surface area contributed by atoms with Gasteiger partial charge < -0.3 is 102 Å². The molecule has 6 aromatic carbocycles. The van der Waals surface area contributed by atoms with E-state index in [2.05, 4.69) is 69.1 Å². The summed E-state index contributed by atoms with van der Waals surface area (Å²) >= 11 is 0. The number of amides is 13. The van der Waals surface area contributed by atoms with Crippen molar-refractivity contribution < 1.29 is 72.5 Å². The lowest BCUT2D eigenvalue weighted by Gasteiger charge is -2.29. The molecule has 9 atom stereocenters. The second-order valence-corrected chi connectivity index (χ2v) is 26.4. The summed E-state index contributed by atoms with van der Waals surface area (Å²) in [7, 11) is 0. The summed E-state index contributed by atoms with van der Waals surface area (Å²) in [5.41, 5.74) is 23.3. The van der Waals surface area contributed by atoms with Gasteiger partial charge in [0.15, 0.2) is 5.96 Å². The summed E-state index contributed by atoms with van der Waals surface area (Å²) in [6.45, 7) is -2.61. The van der Waals surface area contributed by atoms with Gasteiger partial charge in [0.05, 0.1) is 13.2 Å². The number of primary amides is 1. The first-order valence-electron chi connectivity index (χ1n) is 35.7. The molecule has 0 fully saturated rings. The number of nitrogens with one attached hydrogen (secondary N) is 14. The molecular weight excluding hydrogens is 1390 g/mol. The Kier molecular flexibility index (Phi) is 30.5. The number of rotatable bonds is 22. The number of hydrogen-bond donors (Lipinski definition) is 20. The van der Waals surface area contributed by atoms with E-state index in [1.165, 1.54) is 24.3 Å². The van der Waals surface area contributed by atoms with Crippen LogP contribution in [-0.2, 0) is 67.2 Å². The molecule has 0 unspecified atom stereocenters. The van der Waals surface area contributed by atoms with Crippen LogP contribution in [0.2, 0.25) is 0 Å². The van der Waals surface area contributed by atoms with Crippen molar-refractivity contribution in [3.8, 4) is 5.75 Å². The Hall–Kier alpha value is -12.1. The molecule has 24 N–H and O–H groups in total. The van der Waals surface area contributed by atoms with Crippen molar-refractivity contribution in [2.24, 2.45) is 22.9 Å². The van der Waals surface area contributed by atoms with Gasteiger partial charge in [0.25, 0.3) is 17.7 Å². The zero-order valence-corrected chi connectivity index (χ0v) is 59.5. The largest absolute Gasteiger partial charge is 0.508 e. The van der Waals surface area contributed by atoms with Gasteiger partial charge in [-0.15, -0.1) is 0 Å². The van der Waals surface area contributed by atoms with Gasteiger partial charge >= 0.3 is 0 Å². The van der Waals surface area contributed by atoms with E-state index in [1.807, 2.05) is 24.3 Å². The number of guanidine groups is 1. The number of aliphatic hydroxyl groups is 1. The average Bonchev–Trinajstić information content (AvgIpc) is 0.825. The third-order valence-corrected chi connectivity index (χ3v) is 18.3. The molecular formula is C75H94N18O15. The molecule has 2 heterocycles. The third-order valence-electron chi connectivity index (χ3n) is 18.3. The Labute approximate surface area is 622 Å². The quantitative estimate of drug-likeness (QED) is 0.0195. The zero-order valence-electron chi connectivity index (χ0n) is 59.5. The van der Waals surface area contributed by atoms with E-state index >= 15 is 24.0 Å². The highest BCUT2D eigenvalue weighted by Gasteiger charge is 2.37. The molecule has 0 aliphatic carbocycles. The van der Waals surface area contributed by atoms with Crippen molar-refractivity contribution in [2.45, 2.75) is 138 Å². The van der Waals surface area contributed by atoms with Crippen LogP contribution in [-0.4, -0.2) is 193 Å². The molecule has 4 bridgehead atoms. The first kappa shape index (κ1) is 81.6. The minimum absolute atomic E-state index is 0.00804. The van der Waals surface area contributed by atoms with Crippen LogP contribution >= 0.6 is 0 Å². The van der Waals surface area contributed by atoms with Crippen LogP contribution in [0, 0.1) is 5.41 Å². The summed E-state index contributed by atoms with van der Waals surface area (Å²) in [5.74, 6) is -13.6. The van der Waals surface area contributed by atoms with Gasteiger partial charge in [-0.2, -0.15) is 0 Å². The van der Waals surface area contributed by atoms with Crippen molar-refractivity contribution in [3.63, 3.8) is 0 Å². The molecule has 0 saturated carbocycles. The summed E-state index contributed by atoms with van der Waals surface area (Å²) in [6.07, 6.45) is -0.182. The number of phenols is 1. The molecule has 0 radical (unpaired) electrons. The van der Waals surface area contributed by atoms with E-state index in [9.17, 15) is 48.6 Å². The Morgan fingerprint density at radius 1 is 0.509 bits per heavy atom. The zero-order chi connectivity index (χ0) is 77.8. The number of fused-ring (bicyclic) bond motifs is 9. The summed E-state index contributed by atoms with van der Waals surface area (Å²) in [5, 5.41) is 65.4. The normalized spacial score (nSPS) is 21.0. The second-order valence-electron chi connectivity index (χ2n) is 26.4. The van der Waals surface area contributed by atoms with E-state index in [0.717, 1.165) is 29.0 Å². The van der Waals surface area contributed by atoms with Crippen molar-refractivity contribution in [3.05, 3.63) is 161 Å². The number of nitrogens with two attached hydrogens (primary N) is 4. The van der Waals surface area contributed by atoms with Gasteiger partial charge in [-0.1, -0.05) is 97.1 Å². The Balaban J connectivity index is 1.29. The van der Waals surface area contributed by atoms with Gasteiger partial charge in [-0.3, -0.25) is 67.7 Å². The maximum absolute atomic E-state index is 15.5. The second kappa shape index (κ2) is 40.4. The van der Waals surface area contributed by atoms with Gasteiger partial charge in [0, 0.05) is 55.6 Å². The maximum atomic E-state index is 15.5. The fourth-order valence-electron chi connectivity index (χ4n) is 12.5. The van der Waals surface area contributed by atoms with E-state index in [1.54, 1.807) is 60.7 Å². The van der Waals surface area contributed by atoms with Gasteiger partial charge in [-0.25, -0.2) is 0 Å². The van der Waals surface area contributed by atoms with Crippen LogP contribution in [0.15, 0.2) is 127 Å². The highest BCUT2D eigenvalue weighted by Crippen LogP contribution is 2.24. The van der Waals surface area contributed by atoms with E-state index in [-0.39, 0.29) is 102 Å². The van der Waals surface area contributed by atoms with Gasteiger partial charge in [-0.05, 0) is 146 Å². The third kappa shape index (κ3) is 24.0. The Morgan fingerprint density at radius 3 is 1.61 bits per heavy atom. The first-order valence-corrected chi connectivity index (χ1v) is 35.7. The van der Waals surface area contributed by atoms with Crippen molar-refractivity contribution in [1.29, 1.82) is 5.41 Å². The minimum atomic E-state index is -1.85. The van der Waals surface area contributed by atoms with Gasteiger partial charge in [0.2, 0.25) is 59.1 Å². The highest BCUT2D eigenvalue weighted by atomic mass is 16.3. The molecule has 574 valence electrons. The topological polar surface area (TPSA) is 547 Å². The van der Waals surface area contributed by atoms with Crippen molar-refractivity contribution >= 4 is 104 Å². The monoisotopic (exact) mass is 1490 g/mol. The van der Waals surface area contributed by atoms with E-state index in [0.29, 0.717) is 46.7 Å². The number of aliphatic hydroxyl groups excluding tert-OH is 1.